The number of nitrogens with zero attached hydrogens (tertiary/aromatic N) is 2. The van der Waals surface area contributed by atoms with E-state index in [1.165, 1.54) is 9.80 Å². The van der Waals surface area contributed by atoms with Gasteiger partial charge in [-0.3, -0.25) is 0 Å². The number of likely N-dealkylation sites (tertiary alicyclic amines) is 2. The van der Waals surface area contributed by atoms with Gasteiger partial charge in [0.25, 0.3) is 0 Å². The molecule has 0 bridgehead atoms. The number of carbonyl (C=O) groups excluding carboxylic acids is 1. The monoisotopic (exact) mass is 258 g/mol. The first-order chi connectivity index (χ1) is 8.49. The minimum Gasteiger partial charge on any atom is -0.480 e. The number of β-amino-alcohol motifs (C(OH)–C–C–N with tert-alkyl or cyclic N) is 2. The average Bonchev–Trinajstić information content (AvgIpc) is 2.70. The molecule has 102 valence electrons. The third kappa shape index (κ3) is 2.56. The van der Waals surface area contributed by atoms with Crippen LogP contribution in [0.3, 0.4) is 0 Å². The molecule has 0 spiro atoms. The fourth-order valence-corrected chi connectivity index (χ4v) is 2.57. The van der Waals surface area contributed by atoms with Gasteiger partial charge in [-0.1, -0.05) is 0 Å². The molecule has 18 heavy (non-hydrogen) atoms. The van der Waals surface area contributed by atoms with E-state index < -0.39 is 30.3 Å². The normalized spacial score (nSPS) is 32.7. The standard InChI is InChI=1S/C11H18N2O5/c14-7-2-1-3-12(5-7)11(18)13-6-8(15)4-9(13)10(16)17/h7-9,14-15H,1-6H2,(H,16,17)/t7?,8?,9-/m0/s1. The van der Waals surface area contributed by atoms with Crippen molar-refractivity contribution in [2.24, 2.45) is 0 Å². The number of carboxylic acid groups (broad SMARTS) is 1. The van der Waals surface area contributed by atoms with Crippen LogP contribution < -0.4 is 0 Å². The van der Waals surface area contributed by atoms with Gasteiger partial charge in [-0.15, -0.1) is 0 Å². The number of hydrogen-bond donors (Lipinski definition) is 3. The van der Waals surface area contributed by atoms with Gasteiger partial charge in [0.05, 0.1) is 12.2 Å². The highest BCUT2D eigenvalue weighted by Gasteiger charge is 2.41. The van der Waals surface area contributed by atoms with Crippen LogP contribution in [0, 0.1) is 0 Å². The van der Waals surface area contributed by atoms with Crippen LogP contribution in [-0.2, 0) is 4.79 Å². The number of rotatable bonds is 1. The van der Waals surface area contributed by atoms with Crippen LogP contribution in [0.5, 0.6) is 0 Å². The lowest BCUT2D eigenvalue weighted by Crippen LogP contribution is -2.52. The molecule has 2 unspecified atom stereocenters. The topological polar surface area (TPSA) is 101 Å². The van der Waals surface area contributed by atoms with E-state index >= 15 is 0 Å². The molecular formula is C11H18N2O5. The van der Waals surface area contributed by atoms with Gasteiger partial charge < -0.3 is 25.1 Å². The number of carbonyl (C=O) groups is 2. The highest BCUT2D eigenvalue weighted by atomic mass is 16.4. The van der Waals surface area contributed by atoms with Crippen LogP contribution in [-0.4, -0.2) is 75.0 Å². The highest BCUT2D eigenvalue weighted by molar-refractivity contribution is 5.83. The Labute approximate surface area is 105 Å². The van der Waals surface area contributed by atoms with Gasteiger partial charge in [0.2, 0.25) is 0 Å². The first kappa shape index (κ1) is 13.1. The summed E-state index contributed by atoms with van der Waals surface area (Å²) in [5.74, 6) is -1.10. The first-order valence-corrected chi connectivity index (χ1v) is 6.13. The molecule has 7 heteroatoms. The molecule has 0 aromatic heterocycles. The summed E-state index contributed by atoms with van der Waals surface area (Å²) >= 11 is 0. The second-order valence-corrected chi connectivity index (χ2v) is 4.92. The second-order valence-electron chi connectivity index (χ2n) is 4.92. The predicted molar refractivity (Wildman–Crippen MR) is 61.0 cm³/mol. The van der Waals surface area contributed by atoms with Gasteiger partial charge in [0.1, 0.15) is 6.04 Å². The maximum Gasteiger partial charge on any atom is 0.326 e. The average molecular weight is 258 g/mol. The Bertz CT molecular complexity index is 348. The molecule has 3 atom stereocenters. The summed E-state index contributed by atoms with van der Waals surface area (Å²) in [5.41, 5.74) is 0. The molecule has 2 aliphatic rings. The molecule has 0 aromatic rings. The summed E-state index contributed by atoms with van der Waals surface area (Å²) in [6.07, 6.45) is 0.107. The van der Waals surface area contributed by atoms with Gasteiger partial charge >= 0.3 is 12.0 Å². The molecule has 0 radical (unpaired) electrons. The lowest BCUT2D eigenvalue weighted by Gasteiger charge is -2.34. The Hall–Kier alpha value is -1.34. The molecule has 0 aromatic carbocycles. The number of amides is 2. The minimum atomic E-state index is -1.10. The second kappa shape index (κ2) is 5.11. The van der Waals surface area contributed by atoms with E-state index in [1.807, 2.05) is 0 Å². The Kier molecular flexibility index (Phi) is 3.72. The number of hydrogen-bond acceptors (Lipinski definition) is 4. The molecule has 3 N–H and O–H groups in total. The van der Waals surface area contributed by atoms with Crippen LogP contribution in [0.1, 0.15) is 19.3 Å². The summed E-state index contributed by atoms with van der Waals surface area (Å²) in [5, 5.41) is 28.0. The number of urea groups is 1. The largest absolute Gasteiger partial charge is 0.480 e. The van der Waals surface area contributed by atoms with E-state index in [1.54, 1.807) is 0 Å². The van der Waals surface area contributed by atoms with Gasteiger partial charge in [0, 0.05) is 26.1 Å². The summed E-state index contributed by atoms with van der Waals surface area (Å²) in [7, 11) is 0. The molecule has 2 amide bonds. The van der Waals surface area contributed by atoms with Crippen molar-refractivity contribution in [1.82, 2.24) is 9.80 Å². The van der Waals surface area contributed by atoms with Crippen molar-refractivity contribution in [3.05, 3.63) is 0 Å². The predicted octanol–water partition coefficient (Wildman–Crippen LogP) is -0.917. The third-order valence-corrected chi connectivity index (χ3v) is 3.48. The van der Waals surface area contributed by atoms with Gasteiger partial charge in [0.15, 0.2) is 0 Å². The van der Waals surface area contributed by atoms with E-state index in [9.17, 15) is 19.8 Å². The summed E-state index contributed by atoms with van der Waals surface area (Å²) in [4.78, 5) is 25.9. The molecule has 2 rings (SSSR count). The van der Waals surface area contributed by atoms with Crippen molar-refractivity contribution in [3.8, 4) is 0 Å². The van der Waals surface area contributed by atoms with Crippen molar-refractivity contribution in [3.63, 3.8) is 0 Å². The van der Waals surface area contributed by atoms with Gasteiger partial charge in [-0.2, -0.15) is 0 Å². The zero-order chi connectivity index (χ0) is 13.3. The van der Waals surface area contributed by atoms with Crippen molar-refractivity contribution < 1.29 is 24.9 Å². The van der Waals surface area contributed by atoms with Crippen LogP contribution >= 0.6 is 0 Å². The van der Waals surface area contributed by atoms with E-state index in [-0.39, 0.29) is 19.5 Å². The zero-order valence-corrected chi connectivity index (χ0v) is 10.0. The number of aliphatic hydroxyl groups excluding tert-OH is 2. The Balaban J connectivity index is 2.05. The van der Waals surface area contributed by atoms with E-state index in [4.69, 9.17) is 5.11 Å². The van der Waals surface area contributed by atoms with Crippen LogP contribution in [0.2, 0.25) is 0 Å². The minimum absolute atomic E-state index is 0.0440. The zero-order valence-electron chi connectivity index (χ0n) is 10.0. The number of aliphatic carboxylic acids is 1. The van der Waals surface area contributed by atoms with E-state index in [0.29, 0.717) is 19.4 Å². The molecule has 2 heterocycles. The van der Waals surface area contributed by atoms with Crippen LogP contribution in [0.25, 0.3) is 0 Å². The number of aliphatic hydroxyl groups is 2. The van der Waals surface area contributed by atoms with Crippen molar-refractivity contribution in [2.45, 2.75) is 37.5 Å². The summed E-state index contributed by atoms with van der Waals surface area (Å²) in [6, 6.07) is -1.37. The molecule has 0 aliphatic carbocycles. The third-order valence-electron chi connectivity index (χ3n) is 3.48. The van der Waals surface area contributed by atoms with Crippen molar-refractivity contribution >= 4 is 12.0 Å². The molecule has 2 aliphatic heterocycles. The quantitative estimate of drug-likeness (QED) is 0.565. The van der Waals surface area contributed by atoms with E-state index in [2.05, 4.69) is 0 Å². The van der Waals surface area contributed by atoms with Crippen LogP contribution in [0.4, 0.5) is 4.79 Å². The molecule has 2 saturated heterocycles. The maximum absolute atomic E-state index is 12.2. The SMILES string of the molecule is O=C(O)[C@@H]1CC(O)CN1C(=O)N1CCCC(O)C1. The van der Waals surface area contributed by atoms with Crippen molar-refractivity contribution in [2.75, 3.05) is 19.6 Å². The number of carboxylic acids is 1. The highest BCUT2D eigenvalue weighted by Crippen LogP contribution is 2.21. The van der Waals surface area contributed by atoms with Gasteiger partial charge in [-0.05, 0) is 12.8 Å². The Morgan fingerprint density at radius 1 is 1.11 bits per heavy atom. The summed E-state index contributed by atoms with van der Waals surface area (Å²) < 4.78 is 0. The molecule has 0 saturated carbocycles. The fourth-order valence-electron chi connectivity index (χ4n) is 2.57. The summed E-state index contributed by atoms with van der Waals surface area (Å²) in [6.45, 7) is 0.801. The van der Waals surface area contributed by atoms with Crippen LogP contribution in [0.15, 0.2) is 0 Å². The smallest absolute Gasteiger partial charge is 0.326 e. The number of piperidine rings is 1. The Morgan fingerprint density at radius 3 is 2.44 bits per heavy atom. The molecule has 2 fully saturated rings. The first-order valence-electron chi connectivity index (χ1n) is 6.13. The van der Waals surface area contributed by atoms with Crippen molar-refractivity contribution in [1.29, 1.82) is 0 Å². The fraction of sp³-hybridized carbons (Fsp3) is 0.818. The Morgan fingerprint density at radius 2 is 1.83 bits per heavy atom. The molecule has 7 nitrogen and oxygen atoms in total. The lowest BCUT2D eigenvalue weighted by molar-refractivity contribution is -0.141. The maximum atomic E-state index is 12.2. The van der Waals surface area contributed by atoms with E-state index in [0.717, 1.165) is 0 Å². The molecular weight excluding hydrogens is 240 g/mol. The van der Waals surface area contributed by atoms with Gasteiger partial charge in [-0.25, -0.2) is 9.59 Å². The lowest BCUT2D eigenvalue weighted by atomic mass is 10.1.